The molecular weight excluding hydrogens is 280 g/mol. The zero-order valence-electron chi connectivity index (χ0n) is 8.71. The molecule has 0 N–H and O–H groups in total. The summed E-state index contributed by atoms with van der Waals surface area (Å²) in [5.41, 5.74) is 2.44. The largest absolute Gasteiger partial charge is 0.262 e. The summed E-state index contributed by atoms with van der Waals surface area (Å²) in [6.07, 6.45) is 3.37. The van der Waals surface area contributed by atoms with Gasteiger partial charge in [0.15, 0.2) is 5.82 Å². The van der Waals surface area contributed by atoms with Gasteiger partial charge in [0.05, 0.1) is 6.20 Å². The Morgan fingerprint density at radius 1 is 0.882 bits per heavy atom. The number of hydrogen-bond donors (Lipinski definition) is 0. The van der Waals surface area contributed by atoms with Crippen molar-refractivity contribution in [2.75, 3.05) is 0 Å². The summed E-state index contributed by atoms with van der Waals surface area (Å²) in [6.45, 7) is 0. The first-order chi connectivity index (χ1) is 8.33. The number of benzene rings is 1. The second-order valence-corrected chi connectivity index (χ2v) is 4.42. The zero-order valence-corrected chi connectivity index (χ0v) is 10.3. The van der Waals surface area contributed by atoms with E-state index in [1.807, 2.05) is 24.3 Å². The lowest BCUT2D eigenvalue weighted by atomic mass is 10.2. The summed E-state index contributed by atoms with van der Waals surface area (Å²) >= 11 is 3.39. The molecule has 4 nitrogen and oxygen atoms in total. The van der Waals surface area contributed by atoms with Gasteiger partial charge in [0.1, 0.15) is 11.0 Å². The van der Waals surface area contributed by atoms with Crippen molar-refractivity contribution in [1.29, 1.82) is 0 Å². The number of pyridine rings is 1. The number of halogens is 1. The fourth-order valence-corrected chi connectivity index (χ4v) is 1.77. The van der Waals surface area contributed by atoms with E-state index in [1.165, 1.54) is 0 Å². The van der Waals surface area contributed by atoms with Gasteiger partial charge in [-0.25, -0.2) is 4.98 Å². The van der Waals surface area contributed by atoms with Crippen LogP contribution in [0.1, 0.15) is 0 Å². The van der Waals surface area contributed by atoms with Gasteiger partial charge in [-0.3, -0.25) is 4.98 Å². The van der Waals surface area contributed by atoms with Crippen molar-refractivity contribution in [3.63, 3.8) is 0 Å². The molecule has 0 radical (unpaired) electrons. The highest BCUT2D eigenvalue weighted by molar-refractivity contribution is 9.10. The Morgan fingerprint density at radius 3 is 2.53 bits per heavy atom. The first-order valence-corrected chi connectivity index (χ1v) is 5.82. The van der Waals surface area contributed by atoms with Crippen molar-refractivity contribution in [3.05, 3.63) is 47.2 Å². The Balaban J connectivity index is 2.14. The second kappa shape index (κ2) is 4.18. The van der Waals surface area contributed by atoms with E-state index in [1.54, 1.807) is 18.5 Å². The van der Waals surface area contributed by atoms with Gasteiger partial charge < -0.3 is 0 Å². The van der Waals surface area contributed by atoms with Crippen LogP contribution in [0, 0.1) is 0 Å². The van der Waals surface area contributed by atoms with Crippen LogP contribution in [0.15, 0.2) is 47.2 Å². The quantitative estimate of drug-likeness (QED) is 0.690. The Kier molecular flexibility index (Phi) is 2.53. The molecule has 0 unspecified atom stereocenters. The minimum Gasteiger partial charge on any atom is -0.262 e. The minimum absolute atomic E-state index is 0.609. The highest BCUT2D eigenvalue weighted by Crippen LogP contribution is 2.19. The maximum Gasteiger partial charge on any atom is 0.182 e. The Bertz CT molecular complexity index is 667. The van der Waals surface area contributed by atoms with E-state index >= 15 is 0 Å². The van der Waals surface area contributed by atoms with Crippen molar-refractivity contribution in [2.45, 2.75) is 0 Å². The molecule has 82 valence electrons. The van der Waals surface area contributed by atoms with E-state index in [-0.39, 0.29) is 0 Å². The van der Waals surface area contributed by atoms with Crippen LogP contribution in [0.2, 0.25) is 0 Å². The molecule has 0 amide bonds. The molecule has 3 rings (SSSR count). The summed E-state index contributed by atoms with van der Waals surface area (Å²) in [6, 6.07) is 9.59. The van der Waals surface area contributed by atoms with Crippen molar-refractivity contribution < 1.29 is 0 Å². The van der Waals surface area contributed by atoms with Crippen molar-refractivity contribution >= 4 is 27.0 Å². The van der Waals surface area contributed by atoms with Crippen LogP contribution < -0.4 is 0 Å². The van der Waals surface area contributed by atoms with Crippen LogP contribution in [0.5, 0.6) is 0 Å². The third-order valence-electron chi connectivity index (χ3n) is 2.36. The Labute approximate surface area is 106 Å². The van der Waals surface area contributed by atoms with Crippen LogP contribution in [0.3, 0.4) is 0 Å². The molecule has 0 aliphatic carbocycles. The van der Waals surface area contributed by atoms with Crippen molar-refractivity contribution in [3.8, 4) is 11.4 Å². The van der Waals surface area contributed by atoms with Gasteiger partial charge in [0.2, 0.25) is 0 Å². The normalized spacial score (nSPS) is 10.6. The number of nitrogens with zero attached hydrogens (tertiary/aromatic N) is 4. The molecule has 0 bridgehead atoms. The predicted molar refractivity (Wildman–Crippen MR) is 68.3 cm³/mol. The summed E-state index contributed by atoms with van der Waals surface area (Å²) < 4.78 is 1.02. The molecule has 17 heavy (non-hydrogen) atoms. The number of aromatic nitrogens is 4. The molecular formula is C12H7BrN4. The zero-order chi connectivity index (χ0) is 11.7. The molecule has 0 saturated heterocycles. The van der Waals surface area contributed by atoms with Crippen molar-refractivity contribution in [2.24, 2.45) is 0 Å². The first kappa shape index (κ1) is 10.3. The van der Waals surface area contributed by atoms with Crippen LogP contribution in [-0.4, -0.2) is 20.2 Å². The van der Waals surface area contributed by atoms with Gasteiger partial charge in [0, 0.05) is 16.2 Å². The fourth-order valence-electron chi connectivity index (χ4n) is 1.51. The maximum absolute atomic E-state index is 4.42. The van der Waals surface area contributed by atoms with Gasteiger partial charge in [-0.15, -0.1) is 10.2 Å². The lowest BCUT2D eigenvalue weighted by molar-refractivity contribution is 1.03. The number of hydrogen-bond acceptors (Lipinski definition) is 4. The SMILES string of the molecule is Brc1ccc(-c2nnc3ccncc3n2)cc1. The predicted octanol–water partition coefficient (Wildman–Crippen LogP) is 2.85. The molecule has 2 heterocycles. The third kappa shape index (κ3) is 2.01. The monoisotopic (exact) mass is 286 g/mol. The van der Waals surface area contributed by atoms with Crippen molar-refractivity contribution in [1.82, 2.24) is 20.2 Å². The summed E-state index contributed by atoms with van der Waals surface area (Å²) in [5.74, 6) is 0.609. The van der Waals surface area contributed by atoms with Gasteiger partial charge in [-0.1, -0.05) is 28.1 Å². The van der Waals surface area contributed by atoms with E-state index in [9.17, 15) is 0 Å². The Hall–Kier alpha value is -1.88. The van der Waals surface area contributed by atoms with E-state index in [2.05, 4.69) is 36.1 Å². The molecule has 0 saturated carbocycles. The molecule has 0 spiro atoms. The molecule has 5 heteroatoms. The summed E-state index contributed by atoms with van der Waals surface area (Å²) in [4.78, 5) is 8.45. The average molecular weight is 287 g/mol. The molecule has 0 aliphatic rings. The van der Waals surface area contributed by atoms with E-state index in [0.717, 1.165) is 21.1 Å². The van der Waals surface area contributed by atoms with Gasteiger partial charge in [0.25, 0.3) is 0 Å². The standard InChI is InChI=1S/C12H7BrN4/c13-9-3-1-8(2-4-9)12-15-11-7-14-6-5-10(11)16-17-12/h1-7H. The van der Waals surface area contributed by atoms with E-state index in [0.29, 0.717) is 5.82 Å². The number of rotatable bonds is 1. The van der Waals surface area contributed by atoms with Gasteiger partial charge in [-0.2, -0.15) is 0 Å². The highest BCUT2D eigenvalue weighted by atomic mass is 79.9. The van der Waals surface area contributed by atoms with Gasteiger partial charge in [-0.05, 0) is 18.2 Å². The van der Waals surface area contributed by atoms with Crippen LogP contribution in [0.25, 0.3) is 22.4 Å². The van der Waals surface area contributed by atoms with Gasteiger partial charge >= 0.3 is 0 Å². The lowest BCUT2D eigenvalue weighted by Gasteiger charge is -2.00. The molecule has 0 fully saturated rings. The second-order valence-electron chi connectivity index (χ2n) is 3.51. The highest BCUT2D eigenvalue weighted by Gasteiger charge is 2.03. The smallest absolute Gasteiger partial charge is 0.182 e. The number of fused-ring (bicyclic) bond motifs is 1. The summed E-state index contributed by atoms with van der Waals surface area (Å²) in [5, 5.41) is 8.22. The fraction of sp³-hybridized carbons (Fsp3) is 0. The maximum atomic E-state index is 4.42. The minimum atomic E-state index is 0.609. The lowest BCUT2D eigenvalue weighted by Crippen LogP contribution is -1.94. The van der Waals surface area contributed by atoms with Crippen LogP contribution >= 0.6 is 15.9 Å². The Morgan fingerprint density at radius 2 is 1.71 bits per heavy atom. The topological polar surface area (TPSA) is 51.6 Å². The molecule has 0 atom stereocenters. The molecule has 0 aliphatic heterocycles. The van der Waals surface area contributed by atoms with E-state index < -0.39 is 0 Å². The van der Waals surface area contributed by atoms with Crippen LogP contribution in [0.4, 0.5) is 0 Å². The molecule has 2 aromatic heterocycles. The van der Waals surface area contributed by atoms with Crippen LogP contribution in [-0.2, 0) is 0 Å². The average Bonchev–Trinajstić information content (AvgIpc) is 2.39. The molecule has 3 aromatic rings. The molecule has 1 aromatic carbocycles. The third-order valence-corrected chi connectivity index (χ3v) is 2.89. The summed E-state index contributed by atoms with van der Waals surface area (Å²) in [7, 11) is 0. The van der Waals surface area contributed by atoms with E-state index in [4.69, 9.17) is 0 Å². The first-order valence-electron chi connectivity index (χ1n) is 5.03.